The zero-order chi connectivity index (χ0) is 18.3. The van der Waals surface area contributed by atoms with Crippen molar-refractivity contribution in [1.29, 1.82) is 0 Å². The minimum atomic E-state index is -0.0552. The molecule has 5 heteroatoms. The van der Waals surface area contributed by atoms with Gasteiger partial charge in [0.05, 0.1) is 11.4 Å². The molecule has 1 saturated heterocycles. The minimum absolute atomic E-state index is 0.0552. The summed E-state index contributed by atoms with van der Waals surface area (Å²) in [6, 6.07) is 16.0. The maximum atomic E-state index is 13.2. The van der Waals surface area contributed by atoms with Crippen LogP contribution in [0.4, 0.5) is 11.4 Å². The van der Waals surface area contributed by atoms with Crippen LogP contribution in [0.3, 0.4) is 0 Å². The molecule has 0 bridgehead atoms. The SMILES string of the molecule is CCN1/C(=C2/SC(=S)N(c3ccccc3)C2=O)C=Cc2ccc(C)cc21. The molecule has 2 aromatic carbocycles. The van der Waals surface area contributed by atoms with Gasteiger partial charge in [-0.15, -0.1) is 0 Å². The summed E-state index contributed by atoms with van der Waals surface area (Å²) < 4.78 is 0.572. The molecule has 1 amide bonds. The minimum Gasteiger partial charge on any atom is -0.340 e. The quantitative estimate of drug-likeness (QED) is 0.534. The van der Waals surface area contributed by atoms with Gasteiger partial charge in [0.2, 0.25) is 0 Å². The molecule has 2 aliphatic rings. The highest BCUT2D eigenvalue weighted by atomic mass is 32.2. The van der Waals surface area contributed by atoms with Crippen molar-refractivity contribution < 1.29 is 4.79 Å². The second kappa shape index (κ2) is 6.74. The predicted octanol–water partition coefficient (Wildman–Crippen LogP) is 5.12. The molecule has 0 spiro atoms. The van der Waals surface area contributed by atoms with Crippen LogP contribution in [0.1, 0.15) is 18.1 Å². The Bertz CT molecular complexity index is 963. The Kier molecular flexibility index (Phi) is 4.42. The topological polar surface area (TPSA) is 23.6 Å². The summed E-state index contributed by atoms with van der Waals surface area (Å²) in [6.45, 7) is 4.97. The van der Waals surface area contributed by atoms with Crippen molar-refractivity contribution >= 4 is 51.7 Å². The Labute approximate surface area is 163 Å². The molecule has 0 aromatic heterocycles. The number of anilines is 2. The third-order valence-electron chi connectivity index (χ3n) is 4.52. The molecule has 0 radical (unpaired) electrons. The second-order valence-electron chi connectivity index (χ2n) is 6.20. The summed E-state index contributed by atoms with van der Waals surface area (Å²) >= 11 is 6.89. The molecule has 130 valence electrons. The average molecular weight is 379 g/mol. The Morgan fingerprint density at radius 2 is 1.85 bits per heavy atom. The standard InChI is InChI=1S/C21H18N2OS2/c1-3-22-17(12-11-15-10-9-14(2)13-18(15)22)19-20(24)23(21(25)26-19)16-7-5-4-6-8-16/h4-13H,3H2,1-2H3/b19-17+. The second-order valence-corrected chi connectivity index (χ2v) is 7.84. The van der Waals surface area contributed by atoms with Crippen molar-refractivity contribution in [2.75, 3.05) is 16.3 Å². The van der Waals surface area contributed by atoms with Gasteiger partial charge in [0.1, 0.15) is 4.91 Å². The normalized spacial score (nSPS) is 19.3. The van der Waals surface area contributed by atoms with E-state index in [2.05, 4.69) is 43.0 Å². The van der Waals surface area contributed by atoms with Crippen LogP contribution in [0, 0.1) is 6.92 Å². The van der Waals surface area contributed by atoms with E-state index in [1.807, 2.05) is 36.4 Å². The molecule has 3 nitrogen and oxygen atoms in total. The fourth-order valence-corrected chi connectivity index (χ4v) is 4.63. The zero-order valence-electron chi connectivity index (χ0n) is 14.6. The lowest BCUT2D eigenvalue weighted by Crippen LogP contribution is -2.30. The number of carbonyl (C=O) groups is 1. The number of hydrogen-bond donors (Lipinski definition) is 0. The smallest absolute Gasteiger partial charge is 0.272 e. The predicted molar refractivity (Wildman–Crippen MR) is 114 cm³/mol. The van der Waals surface area contributed by atoms with Crippen molar-refractivity contribution in [1.82, 2.24) is 0 Å². The summed E-state index contributed by atoms with van der Waals surface area (Å²) in [6.07, 6.45) is 4.10. The van der Waals surface area contributed by atoms with Crippen LogP contribution in [0.15, 0.2) is 65.2 Å². The molecule has 2 heterocycles. The zero-order valence-corrected chi connectivity index (χ0v) is 16.2. The van der Waals surface area contributed by atoms with E-state index in [4.69, 9.17) is 12.2 Å². The molecule has 2 aliphatic heterocycles. The first-order chi connectivity index (χ1) is 12.6. The van der Waals surface area contributed by atoms with E-state index in [0.29, 0.717) is 9.23 Å². The Balaban J connectivity index is 1.80. The number of allylic oxidation sites excluding steroid dienone is 1. The summed E-state index contributed by atoms with van der Waals surface area (Å²) in [5, 5.41) is 0. The number of benzene rings is 2. The first-order valence-electron chi connectivity index (χ1n) is 8.52. The van der Waals surface area contributed by atoms with E-state index in [9.17, 15) is 4.79 Å². The molecule has 0 saturated carbocycles. The number of likely N-dealkylation sites (N-methyl/N-ethyl adjacent to an activating group) is 1. The van der Waals surface area contributed by atoms with Crippen molar-refractivity contribution in [3.8, 4) is 0 Å². The highest BCUT2D eigenvalue weighted by Crippen LogP contribution is 2.41. The third kappa shape index (κ3) is 2.77. The Morgan fingerprint density at radius 1 is 1.08 bits per heavy atom. The summed E-state index contributed by atoms with van der Waals surface area (Å²) in [4.78, 5) is 17.7. The van der Waals surface area contributed by atoms with Gasteiger partial charge in [-0.2, -0.15) is 0 Å². The molecule has 2 aromatic rings. The van der Waals surface area contributed by atoms with Gasteiger partial charge in [0.15, 0.2) is 4.32 Å². The van der Waals surface area contributed by atoms with Crippen LogP contribution in [0.2, 0.25) is 0 Å². The number of nitrogens with zero attached hydrogens (tertiary/aromatic N) is 2. The highest BCUT2D eigenvalue weighted by Gasteiger charge is 2.37. The number of thioether (sulfide) groups is 1. The lowest BCUT2D eigenvalue weighted by molar-refractivity contribution is -0.113. The van der Waals surface area contributed by atoms with Gasteiger partial charge in [0.25, 0.3) is 5.91 Å². The van der Waals surface area contributed by atoms with Crippen LogP contribution < -0.4 is 9.80 Å². The van der Waals surface area contributed by atoms with Gasteiger partial charge >= 0.3 is 0 Å². The maximum absolute atomic E-state index is 13.2. The van der Waals surface area contributed by atoms with E-state index < -0.39 is 0 Å². The van der Waals surface area contributed by atoms with E-state index in [1.54, 1.807) is 4.90 Å². The number of thiocarbonyl (C=S) groups is 1. The molecule has 26 heavy (non-hydrogen) atoms. The Morgan fingerprint density at radius 3 is 2.58 bits per heavy atom. The molecule has 0 atom stereocenters. The number of aryl methyl sites for hydroxylation is 1. The molecular formula is C21H18N2OS2. The Hall–Kier alpha value is -2.37. The number of carbonyl (C=O) groups excluding carboxylic acids is 1. The lowest BCUT2D eigenvalue weighted by Gasteiger charge is -2.30. The van der Waals surface area contributed by atoms with Crippen LogP contribution >= 0.6 is 24.0 Å². The summed E-state index contributed by atoms with van der Waals surface area (Å²) in [7, 11) is 0. The van der Waals surface area contributed by atoms with Gasteiger partial charge in [-0.1, -0.05) is 60.4 Å². The fourth-order valence-electron chi connectivity index (χ4n) is 3.28. The molecule has 0 aliphatic carbocycles. The summed E-state index contributed by atoms with van der Waals surface area (Å²) in [5.41, 5.74) is 5.23. The van der Waals surface area contributed by atoms with E-state index >= 15 is 0 Å². The fraction of sp³-hybridized carbons (Fsp3) is 0.143. The number of rotatable bonds is 2. The molecule has 0 unspecified atom stereocenters. The first kappa shape index (κ1) is 17.1. The number of para-hydroxylation sites is 1. The molecule has 0 N–H and O–H groups in total. The first-order valence-corrected chi connectivity index (χ1v) is 9.74. The van der Waals surface area contributed by atoms with Crippen LogP contribution in [-0.2, 0) is 4.79 Å². The van der Waals surface area contributed by atoms with Crippen molar-refractivity contribution in [3.05, 3.63) is 76.3 Å². The van der Waals surface area contributed by atoms with Gasteiger partial charge in [-0.25, -0.2) is 0 Å². The van der Waals surface area contributed by atoms with Gasteiger partial charge in [-0.3, -0.25) is 9.69 Å². The number of fused-ring (bicyclic) bond motifs is 1. The van der Waals surface area contributed by atoms with E-state index in [0.717, 1.165) is 23.6 Å². The average Bonchev–Trinajstić information content (AvgIpc) is 2.95. The third-order valence-corrected chi connectivity index (χ3v) is 5.90. The monoisotopic (exact) mass is 378 g/mol. The van der Waals surface area contributed by atoms with Crippen molar-refractivity contribution in [2.24, 2.45) is 0 Å². The van der Waals surface area contributed by atoms with E-state index in [-0.39, 0.29) is 5.91 Å². The maximum Gasteiger partial charge on any atom is 0.272 e. The van der Waals surface area contributed by atoms with Gasteiger partial charge in [0, 0.05) is 12.2 Å². The van der Waals surface area contributed by atoms with Crippen molar-refractivity contribution in [3.63, 3.8) is 0 Å². The highest BCUT2D eigenvalue weighted by molar-refractivity contribution is 8.27. The largest absolute Gasteiger partial charge is 0.340 e. The van der Waals surface area contributed by atoms with E-state index in [1.165, 1.54) is 22.9 Å². The van der Waals surface area contributed by atoms with Crippen LogP contribution in [0.25, 0.3) is 6.08 Å². The number of hydrogen-bond acceptors (Lipinski definition) is 4. The summed E-state index contributed by atoms with van der Waals surface area (Å²) in [5.74, 6) is -0.0552. The van der Waals surface area contributed by atoms with Crippen LogP contribution in [-0.4, -0.2) is 16.8 Å². The van der Waals surface area contributed by atoms with Gasteiger partial charge in [-0.05, 0) is 49.2 Å². The van der Waals surface area contributed by atoms with Crippen molar-refractivity contribution in [2.45, 2.75) is 13.8 Å². The molecular weight excluding hydrogens is 360 g/mol. The van der Waals surface area contributed by atoms with Crippen LogP contribution in [0.5, 0.6) is 0 Å². The molecule has 1 fully saturated rings. The molecule has 4 rings (SSSR count). The number of amides is 1. The lowest BCUT2D eigenvalue weighted by atomic mass is 10.0. The van der Waals surface area contributed by atoms with Gasteiger partial charge < -0.3 is 4.90 Å².